The van der Waals surface area contributed by atoms with Crippen LogP contribution in [-0.4, -0.2) is 15.8 Å². The molecule has 1 heterocycles. The van der Waals surface area contributed by atoms with Gasteiger partial charge in [0.25, 0.3) is 0 Å². The van der Waals surface area contributed by atoms with Crippen molar-refractivity contribution >= 4 is 11.6 Å². The van der Waals surface area contributed by atoms with Crippen LogP contribution >= 0.6 is 11.6 Å². The molecule has 1 aromatic rings. The molecule has 1 rings (SSSR count). The molecule has 11 heavy (non-hydrogen) atoms. The fourth-order valence-corrected chi connectivity index (χ4v) is 0.867. The summed E-state index contributed by atoms with van der Waals surface area (Å²) in [6.07, 6.45) is 3.48. The third-order valence-electron chi connectivity index (χ3n) is 1.33. The Labute approximate surface area is 70.9 Å². The van der Waals surface area contributed by atoms with Crippen LogP contribution in [0.25, 0.3) is 0 Å². The zero-order chi connectivity index (χ0) is 8.27. The molecule has 0 N–H and O–H groups in total. The molecular formula is C7H11ClN2O. The van der Waals surface area contributed by atoms with Crippen molar-refractivity contribution in [3.05, 3.63) is 12.4 Å². The largest absolute Gasteiger partial charge is 0.475 e. The minimum Gasteiger partial charge on any atom is -0.475 e. The van der Waals surface area contributed by atoms with Crippen LogP contribution < -0.4 is 4.74 Å². The van der Waals surface area contributed by atoms with E-state index in [1.807, 2.05) is 10.9 Å². The molecule has 0 saturated carbocycles. The van der Waals surface area contributed by atoms with Crippen LogP contribution in [0.2, 0.25) is 0 Å². The number of hydrogen-bond acceptors (Lipinski definition) is 2. The Morgan fingerprint density at radius 2 is 2.45 bits per heavy atom. The molecule has 0 saturated heterocycles. The topological polar surface area (TPSA) is 27.1 Å². The molecule has 1 aromatic heterocycles. The molecule has 0 aliphatic rings. The standard InChI is InChI=1S/C7H11ClN2O/c1-6(2)10-4-7(3-9-10)11-5-8/h3-4,6H,5H2,1-2H3. The molecule has 62 valence electrons. The van der Waals surface area contributed by atoms with E-state index in [0.717, 1.165) is 0 Å². The molecule has 0 aliphatic heterocycles. The molecular weight excluding hydrogens is 164 g/mol. The van der Waals surface area contributed by atoms with Gasteiger partial charge in [0, 0.05) is 6.04 Å². The third kappa shape index (κ3) is 2.12. The lowest BCUT2D eigenvalue weighted by atomic mass is 10.4. The van der Waals surface area contributed by atoms with Crippen LogP contribution in [0.15, 0.2) is 12.4 Å². The first-order chi connectivity index (χ1) is 5.24. The molecule has 0 amide bonds. The minimum absolute atomic E-state index is 0.170. The van der Waals surface area contributed by atoms with Gasteiger partial charge in [0.1, 0.15) is 0 Å². The maximum atomic E-state index is 5.37. The Hall–Kier alpha value is -0.700. The molecule has 0 aromatic carbocycles. The second-order valence-electron chi connectivity index (χ2n) is 2.50. The van der Waals surface area contributed by atoms with E-state index in [9.17, 15) is 0 Å². The van der Waals surface area contributed by atoms with Crippen LogP contribution in [0, 0.1) is 0 Å². The van der Waals surface area contributed by atoms with E-state index in [0.29, 0.717) is 11.8 Å². The smallest absolute Gasteiger partial charge is 0.162 e. The second kappa shape index (κ2) is 3.62. The summed E-state index contributed by atoms with van der Waals surface area (Å²) in [7, 11) is 0. The summed E-state index contributed by atoms with van der Waals surface area (Å²) < 4.78 is 6.84. The van der Waals surface area contributed by atoms with Gasteiger partial charge in [-0.1, -0.05) is 11.6 Å². The van der Waals surface area contributed by atoms with Crippen LogP contribution in [0.5, 0.6) is 5.75 Å². The molecule has 0 atom stereocenters. The first-order valence-electron chi connectivity index (χ1n) is 3.47. The van der Waals surface area contributed by atoms with Crippen molar-refractivity contribution < 1.29 is 4.74 Å². The quantitative estimate of drug-likeness (QED) is 0.656. The number of halogens is 1. The second-order valence-corrected chi connectivity index (χ2v) is 2.72. The zero-order valence-electron chi connectivity index (χ0n) is 6.62. The van der Waals surface area contributed by atoms with Gasteiger partial charge in [0.15, 0.2) is 11.8 Å². The van der Waals surface area contributed by atoms with Gasteiger partial charge in [-0.25, -0.2) is 0 Å². The lowest BCUT2D eigenvalue weighted by Gasteiger charge is -2.02. The van der Waals surface area contributed by atoms with Gasteiger partial charge in [-0.15, -0.1) is 0 Å². The van der Waals surface area contributed by atoms with E-state index in [1.54, 1.807) is 6.20 Å². The fraction of sp³-hybridized carbons (Fsp3) is 0.571. The maximum Gasteiger partial charge on any atom is 0.162 e. The van der Waals surface area contributed by atoms with Crippen molar-refractivity contribution in [3.63, 3.8) is 0 Å². The highest BCUT2D eigenvalue weighted by Gasteiger charge is 2.00. The van der Waals surface area contributed by atoms with Crippen LogP contribution in [0.1, 0.15) is 19.9 Å². The molecule has 0 spiro atoms. The Kier molecular flexibility index (Phi) is 2.76. The normalized spacial score (nSPS) is 10.5. The van der Waals surface area contributed by atoms with Crippen molar-refractivity contribution in [1.82, 2.24) is 9.78 Å². The molecule has 4 heteroatoms. The number of rotatable bonds is 3. The Balaban J connectivity index is 2.66. The van der Waals surface area contributed by atoms with Crippen molar-refractivity contribution in [2.75, 3.05) is 6.07 Å². The summed E-state index contributed by atoms with van der Waals surface area (Å²) in [6.45, 7) is 4.11. The van der Waals surface area contributed by atoms with E-state index in [2.05, 4.69) is 18.9 Å². The van der Waals surface area contributed by atoms with Gasteiger partial charge in [-0.05, 0) is 13.8 Å². The third-order valence-corrected chi connectivity index (χ3v) is 1.44. The van der Waals surface area contributed by atoms with Crippen LogP contribution in [0.4, 0.5) is 0 Å². The van der Waals surface area contributed by atoms with Crippen molar-refractivity contribution in [2.24, 2.45) is 0 Å². The predicted molar refractivity (Wildman–Crippen MR) is 44.0 cm³/mol. The van der Waals surface area contributed by atoms with E-state index in [-0.39, 0.29) is 6.07 Å². The number of hydrogen-bond donors (Lipinski definition) is 0. The summed E-state index contributed by atoms with van der Waals surface area (Å²) in [5, 5.41) is 4.07. The number of nitrogens with zero attached hydrogens (tertiary/aromatic N) is 2. The van der Waals surface area contributed by atoms with Crippen molar-refractivity contribution in [3.8, 4) is 5.75 Å². The Morgan fingerprint density at radius 1 is 1.73 bits per heavy atom. The molecule has 0 bridgehead atoms. The number of alkyl halides is 1. The maximum absolute atomic E-state index is 5.37. The number of aromatic nitrogens is 2. The first kappa shape index (κ1) is 8.40. The summed E-state index contributed by atoms with van der Waals surface area (Å²) in [6, 6.07) is 0.534. The predicted octanol–water partition coefficient (Wildman–Crippen LogP) is 2.04. The van der Waals surface area contributed by atoms with Gasteiger partial charge in [0.2, 0.25) is 0 Å². The monoisotopic (exact) mass is 174 g/mol. The minimum atomic E-state index is 0.170. The molecule has 0 radical (unpaired) electrons. The number of ether oxygens (including phenoxy) is 1. The fourth-order valence-electron chi connectivity index (χ4n) is 0.741. The zero-order valence-corrected chi connectivity index (χ0v) is 7.38. The van der Waals surface area contributed by atoms with Gasteiger partial charge >= 0.3 is 0 Å². The highest BCUT2D eigenvalue weighted by molar-refractivity contribution is 6.17. The molecule has 0 aliphatic carbocycles. The van der Waals surface area contributed by atoms with Gasteiger partial charge in [-0.2, -0.15) is 5.10 Å². The SMILES string of the molecule is CC(C)n1cc(OCCl)cn1. The first-order valence-corrected chi connectivity index (χ1v) is 4.00. The summed E-state index contributed by atoms with van der Waals surface area (Å²) in [4.78, 5) is 0. The van der Waals surface area contributed by atoms with Crippen molar-refractivity contribution in [2.45, 2.75) is 19.9 Å². The van der Waals surface area contributed by atoms with E-state index < -0.39 is 0 Å². The van der Waals surface area contributed by atoms with Crippen LogP contribution in [0.3, 0.4) is 0 Å². The van der Waals surface area contributed by atoms with Crippen LogP contribution in [-0.2, 0) is 0 Å². The lowest BCUT2D eigenvalue weighted by molar-refractivity contribution is 0.386. The summed E-state index contributed by atoms with van der Waals surface area (Å²) >= 11 is 5.37. The molecule has 3 nitrogen and oxygen atoms in total. The molecule has 0 fully saturated rings. The van der Waals surface area contributed by atoms with E-state index >= 15 is 0 Å². The van der Waals surface area contributed by atoms with Gasteiger partial charge in [0.05, 0.1) is 12.4 Å². The molecule has 0 unspecified atom stereocenters. The average Bonchev–Trinajstić information content (AvgIpc) is 2.37. The highest BCUT2D eigenvalue weighted by atomic mass is 35.5. The lowest BCUT2D eigenvalue weighted by Crippen LogP contribution is -1.99. The van der Waals surface area contributed by atoms with E-state index in [1.165, 1.54) is 0 Å². The highest BCUT2D eigenvalue weighted by Crippen LogP contribution is 2.12. The Morgan fingerprint density at radius 3 is 2.91 bits per heavy atom. The summed E-state index contributed by atoms with van der Waals surface area (Å²) in [5.41, 5.74) is 0. The van der Waals surface area contributed by atoms with Gasteiger partial charge in [-0.3, -0.25) is 4.68 Å². The summed E-state index contributed by atoms with van der Waals surface area (Å²) in [5.74, 6) is 0.716. The van der Waals surface area contributed by atoms with Gasteiger partial charge < -0.3 is 4.74 Å². The van der Waals surface area contributed by atoms with E-state index in [4.69, 9.17) is 16.3 Å². The Bertz CT molecular complexity index is 222. The van der Waals surface area contributed by atoms with Crippen molar-refractivity contribution in [1.29, 1.82) is 0 Å². The average molecular weight is 175 g/mol.